The standard InChI is InChI=1S/C20H29N3O5S/c1-13-10-16-17(28-14(2)20(25)22-16)11-18(13)29(26,27)23(3)12-19(24)21-15-8-6-4-5-7-9-15/h10-11,14-15H,4-9,12H2,1-3H3,(H,21,24)(H,22,25)/t14-/m1/s1. The molecule has 1 aromatic rings. The van der Waals surface area contributed by atoms with E-state index in [-0.39, 0.29) is 29.3 Å². The molecule has 0 radical (unpaired) electrons. The van der Waals surface area contributed by atoms with Crippen LogP contribution in [0.5, 0.6) is 5.75 Å². The fraction of sp³-hybridized carbons (Fsp3) is 0.600. The van der Waals surface area contributed by atoms with Gasteiger partial charge in [0.1, 0.15) is 5.75 Å². The number of nitrogens with one attached hydrogen (secondary N) is 2. The Morgan fingerprint density at radius 3 is 2.55 bits per heavy atom. The van der Waals surface area contributed by atoms with Crippen LogP contribution in [0, 0.1) is 6.92 Å². The smallest absolute Gasteiger partial charge is 0.265 e. The molecule has 8 nitrogen and oxygen atoms in total. The number of nitrogens with zero attached hydrogens (tertiary/aromatic N) is 1. The number of carbonyl (C=O) groups excluding carboxylic acids is 2. The normalized spacial score (nSPS) is 20.4. The van der Waals surface area contributed by atoms with Crippen molar-refractivity contribution in [2.24, 2.45) is 0 Å². The minimum absolute atomic E-state index is 0.0596. The summed E-state index contributed by atoms with van der Waals surface area (Å²) in [6.07, 6.45) is 5.70. The molecule has 2 aliphatic rings. The quantitative estimate of drug-likeness (QED) is 0.707. The lowest BCUT2D eigenvalue weighted by Crippen LogP contribution is -2.42. The van der Waals surface area contributed by atoms with Gasteiger partial charge in [0.25, 0.3) is 5.91 Å². The number of ether oxygens (including phenoxy) is 1. The van der Waals surface area contributed by atoms with Crippen molar-refractivity contribution in [1.29, 1.82) is 0 Å². The Bertz CT molecular complexity index is 892. The molecule has 1 heterocycles. The van der Waals surface area contributed by atoms with Gasteiger partial charge in [-0.3, -0.25) is 9.59 Å². The van der Waals surface area contributed by atoms with Crippen LogP contribution in [-0.4, -0.2) is 50.3 Å². The van der Waals surface area contributed by atoms with Crippen molar-refractivity contribution in [3.63, 3.8) is 0 Å². The van der Waals surface area contributed by atoms with Crippen molar-refractivity contribution in [2.75, 3.05) is 18.9 Å². The largest absolute Gasteiger partial charge is 0.479 e. The molecule has 0 aromatic heterocycles. The number of amides is 2. The maximum atomic E-state index is 13.1. The molecule has 2 amide bonds. The number of hydrogen-bond donors (Lipinski definition) is 2. The molecule has 1 aromatic carbocycles. The Balaban J connectivity index is 1.73. The number of aryl methyl sites for hydroxylation is 1. The summed E-state index contributed by atoms with van der Waals surface area (Å²) in [4.78, 5) is 24.2. The van der Waals surface area contributed by atoms with Crippen LogP contribution in [0.4, 0.5) is 5.69 Å². The number of likely N-dealkylation sites (N-methyl/N-ethyl adjacent to an activating group) is 1. The van der Waals surface area contributed by atoms with E-state index in [4.69, 9.17) is 4.74 Å². The average molecular weight is 424 g/mol. The number of anilines is 1. The Morgan fingerprint density at radius 2 is 1.90 bits per heavy atom. The Labute approximate surface area is 172 Å². The van der Waals surface area contributed by atoms with Crippen LogP contribution in [0.3, 0.4) is 0 Å². The van der Waals surface area contributed by atoms with Gasteiger partial charge in [-0.15, -0.1) is 0 Å². The van der Waals surface area contributed by atoms with Crippen LogP contribution in [0.1, 0.15) is 51.0 Å². The zero-order valence-electron chi connectivity index (χ0n) is 17.2. The lowest BCUT2D eigenvalue weighted by atomic mass is 10.1. The van der Waals surface area contributed by atoms with Gasteiger partial charge in [-0.05, 0) is 38.3 Å². The average Bonchev–Trinajstić information content (AvgIpc) is 2.91. The summed E-state index contributed by atoms with van der Waals surface area (Å²) < 4.78 is 32.7. The van der Waals surface area contributed by atoms with Crippen molar-refractivity contribution in [2.45, 2.75) is 69.4 Å². The highest BCUT2D eigenvalue weighted by Crippen LogP contribution is 2.35. The molecule has 1 fully saturated rings. The Hall–Kier alpha value is -2.13. The van der Waals surface area contributed by atoms with E-state index in [1.165, 1.54) is 26.0 Å². The summed E-state index contributed by atoms with van der Waals surface area (Å²) in [5.74, 6) is -0.270. The fourth-order valence-electron chi connectivity index (χ4n) is 3.77. The molecule has 2 N–H and O–H groups in total. The summed E-state index contributed by atoms with van der Waals surface area (Å²) in [7, 11) is -2.50. The molecule has 0 spiro atoms. The first-order chi connectivity index (χ1) is 13.7. The molecule has 0 bridgehead atoms. The number of rotatable bonds is 5. The molecule has 1 aliphatic carbocycles. The zero-order chi connectivity index (χ0) is 21.2. The minimum atomic E-state index is -3.90. The zero-order valence-corrected chi connectivity index (χ0v) is 18.0. The van der Waals surface area contributed by atoms with E-state index in [2.05, 4.69) is 10.6 Å². The molecule has 0 unspecified atom stereocenters. The third kappa shape index (κ3) is 4.90. The van der Waals surface area contributed by atoms with E-state index in [9.17, 15) is 18.0 Å². The second kappa shape index (κ2) is 8.71. The monoisotopic (exact) mass is 423 g/mol. The molecule has 3 rings (SSSR count). The number of carbonyl (C=O) groups is 2. The predicted molar refractivity (Wildman–Crippen MR) is 109 cm³/mol. The van der Waals surface area contributed by atoms with Gasteiger partial charge in [-0.25, -0.2) is 8.42 Å². The van der Waals surface area contributed by atoms with Crippen LogP contribution < -0.4 is 15.4 Å². The van der Waals surface area contributed by atoms with Gasteiger partial charge in [-0.2, -0.15) is 4.31 Å². The van der Waals surface area contributed by atoms with E-state index in [0.29, 0.717) is 17.0 Å². The lowest BCUT2D eigenvalue weighted by molar-refractivity contribution is -0.123. The molecule has 1 aliphatic heterocycles. The van der Waals surface area contributed by atoms with E-state index >= 15 is 0 Å². The summed E-state index contributed by atoms with van der Waals surface area (Å²) in [6, 6.07) is 3.10. The third-order valence-corrected chi connectivity index (χ3v) is 7.43. The highest BCUT2D eigenvalue weighted by Gasteiger charge is 2.30. The van der Waals surface area contributed by atoms with Crippen molar-refractivity contribution in [3.05, 3.63) is 17.7 Å². The van der Waals surface area contributed by atoms with Crippen LogP contribution in [0.15, 0.2) is 17.0 Å². The molecule has 1 saturated carbocycles. The highest BCUT2D eigenvalue weighted by molar-refractivity contribution is 7.89. The van der Waals surface area contributed by atoms with Gasteiger partial charge in [0.2, 0.25) is 15.9 Å². The minimum Gasteiger partial charge on any atom is -0.479 e. The lowest BCUT2D eigenvalue weighted by Gasteiger charge is -2.26. The van der Waals surface area contributed by atoms with E-state index in [1.54, 1.807) is 19.9 Å². The Morgan fingerprint density at radius 1 is 1.24 bits per heavy atom. The Kier molecular flexibility index (Phi) is 6.48. The number of benzene rings is 1. The maximum Gasteiger partial charge on any atom is 0.265 e. The second-order valence-corrected chi connectivity index (χ2v) is 9.89. The SMILES string of the molecule is Cc1cc2c(cc1S(=O)(=O)N(C)CC(=O)NC1CCCCCC1)O[C@H](C)C(=O)N2. The summed E-state index contributed by atoms with van der Waals surface area (Å²) in [5, 5.41) is 5.68. The maximum absolute atomic E-state index is 13.1. The fourth-order valence-corrected chi connectivity index (χ4v) is 5.12. The van der Waals surface area contributed by atoms with Crippen molar-refractivity contribution < 1.29 is 22.7 Å². The van der Waals surface area contributed by atoms with Gasteiger partial charge in [0.15, 0.2) is 6.10 Å². The molecular weight excluding hydrogens is 394 g/mol. The van der Waals surface area contributed by atoms with Crippen LogP contribution in [-0.2, 0) is 19.6 Å². The first-order valence-electron chi connectivity index (χ1n) is 10.1. The summed E-state index contributed by atoms with van der Waals surface area (Å²) in [6.45, 7) is 3.00. The van der Waals surface area contributed by atoms with E-state index in [1.807, 2.05) is 0 Å². The van der Waals surface area contributed by atoms with Crippen molar-refractivity contribution in [1.82, 2.24) is 9.62 Å². The summed E-state index contributed by atoms with van der Waals surface area (Å²) in [5.41, 5.74) is 0.913. The van der Waals surface area contributed by atoms with Crippen LogP contribution in [0.25, 0.3) is 0 Å². The van der Waals surface area contributed by atoms with E-state index < -0.39 is 16.1 Å². The first kappa shape index (κ1) is 21.6. The van der Waals surface area contributed by atoms with Gasteiger partial charge in [0, 0.05) is 19.2 Å². The molecule has 1 atom stereocenters. The van der Waals surface area contributed by atoms with Crippen LogP contribution >= 0.6 is 0 Å². The predicted octanol–water partition coefficient (Wildman–Crippen LogP) is 2.17. The third-order valence-electron chi connectivity index (χ3n) is 5.48. The number of sulfonamides is 1. The molecule has 0 saturated heterocycles. The molecular formula is C20H29N3O5S. The molecule has 29 heavy (non-hydrogen) atoms. The first-order valence-corrected chi connectivity index (χ1v) is 11.5. The second-order valence-electron chi connectivity index (χ2n) is 7.88. The van der Waals surface area contributed by atoms with Crippen molar-refractivity contribution in [3.8, 4) is 5.75 Å². The highest BCUT2D eigenvalue weighted by atomic mass is 32.2. The topological polar surface area (TPSA) is 105 Å². The number of fused-ring (bicyclic) bond motifs is 1. The van der Waals surface area contributed by atoms with E-state index in [0.717, 1.165) is 30.0 Å². The van der Waals surface area contributed by atoms with Gasteiger partial charge < -0.3 is 15.4 Å². The molecule has 9 heteroatoms. The van der Waals surface area contributed by atoms with Gasteiger partial charge in [0.05, 0.1) is 17.1 Å². The van der Waals surface area contributed by atoms with Gasteiger partial charge >= 0.3 is 0 Å². The number of hydrogen-bond acceptors (Lipinski definition) is 5. The van der Waals surface area contributed by atoms with Crippen LogP contribution in [0.2, 0.25) is 0 Å². The van der Waals surface area contributed by atoms with Crippen molar-refractivity contribution >= 4 is 27.5 Å². The summed E-state index contributed by atoms with van der Waals surface area (Å²) >= 11 is 0. The van der Waals surface area contributed by atoms with Gasteiger partial charge in [-0.1, -0.05) is 25.7 Å². The molecule has 160 valence electrons.